The molecule has 2 heterocycles. The van der Waals surface area contributed by atoms with E-state index in [0.717, 1.165) is 19.0 Å². The van der Waals surface area contributed by atoms with Crippen LogP contribution in [0, 0.1) is 5.92 Å². The van der Waals surface area contributed by atoms with Crippen molar-refractivity contribution in [2.45, 2.75) is 39.2 Å². The summed E-state index contributed by atoms with van der Waals surface area (Å²) in [6.45, 7) is 6.13. The Labute approximate surface area is 96.0 Å². The number of aromatic nitrogens is 2. The van der Waals surface area contributed by atoms with Crippen molar-refractivity contribution in [2.24, 2.45) is 11.7 Å². The Hall–Kier alpha value is -1.10. The van der Waals surface area contributed by atoms with Crippen molar-refractivity contribution in [2.75, 3.05) is 18.0 Å². The second kappa shape index (κ2) is 4.82. The van der Waals surface area contributed by atoms with Gasteiger partial charge in [-0.05, 0) is 25.7 Å². The lowest BCUT2D eigenvalue weighted by Gasteiger charge is -2.12. The van der Waals surface area contributed by atoms with Crippen molar-refractivity contribution in [1.29, 1.82) is 0 Å². The molecule has 1 fully saturated rings. The highest BCUT2D eigenvalue weighted by atomic mass is 16.4. The van der Waals surface area contributed by atoms with Gasteiger partial charge < -0.3 is 15.1 Å². The molecule has 90 valence electrons. The van der Waals surface area contributed by atoms with Crippen LogP contribution in [-0.4, -0.2) is 23.3 Å². The molecule has 2 unspecified atom stereocenters. The van der Waals surface area contributed by atoms with Crippen LogP contribution in [0.3, 0.4) is 0 Å². The Morgan fingerprint density at radius 1 is 1.56 bits per heavy atom. The standard InChI is InChI=1S/C11H20N4O/c1-3-4-9-5-6-15(7-9)11-14-13-10(16-11)8(2)12/h8-9H,3-7,12H2,1-2H3. The van der Waals surface area contributed by atoms with E-state index in [2.05, 4.69) is 22.0 Å². The lowest BCUT2D eigenvalue weighted by Crippen LogP contribution is -2.19. The maximum Gasteiger partial charge on any atom is 0.318 e. The van der Waals surface area contributed by atoms with Gasteiger partial charge in [-0.1, -0.05) is 18.4 Å². The van der Waals surface area contributed by atoms with Crippen molar-refractivity contribution < 1.29 is 4.42 Å². The Kier molecular flexibility index (Phi) is 3.43. The molecule has 16 heavy (non-hydrogen) atoms. The molecule has 0 amide bonds. The molecule has 1 aliphatic rings. The molecule has 1 aromatic rings. The Morgan fingerprint density at radius 2 is 2.38 bits per heavy atom. The predicted molar refractivity (Wildman–Crippen MR) is 62.1 cm³/mol. The van der Waals surface area contributed by atoms with Crippen molar-refractivity contribution in [3.63, 3.8) is 0 Å². The molecule has 0 radical (unpaired) electrons. The van der Waals surface area contributed by atoms with Crippen LogP contribution in [0.4, 0.5) is 6.01 Å². The third-order valence-corrected chi connectivity index (χ3v) is 3.07. The summed E-state index contributed by atoms with van der Waals surface area (Å²) in [5.41, 5.74) is 5.69. The van der Waals surface area contributed by atoms with Crippen LogP contribution in [-0.2, 0) is 0 Å². The highest BCUT2D eigenvalue weighted by molar-refractivity contribution is 5.26. The van der Waals surface area contributed by atoms with Gasteiger partial charge >= 0.3 is 6.01 Å². The number of hydrogen-bond acceptors (Lipinski definition) is 5. The normalized spacial score (nSPS) is 22.7. The van der Waals surface area contributed by atoms with E-state index in [9.17, 15) is 0 Å². The number of nitrogens with zero attached hydrogens (tertiary/aromatic N) is 3. The second-order valence-corrected chi connectivity index (χ2v) is 4.60. The maximum absolute atomic E-state index is 5.69. The average Bonchev–Trinajstić information content (AvgIpc) is 2.84. The maximum atomic E-state index is 5.69. The van der Waals surface area contributed by atoms with Gasteiger partial charge in [0.05, 0.1) is 6.04 Å². The van der Waals surface area contributed by atoms with Crippen LogP contribution < -0.4 is 10.6 Å². The fourth-order valence-electron chi connectivity index (χ4n) is 2.19. The van der Waals surface area contributed by atoms with Crippen LogP contribution in [0.2, 0.25) is 0 Å². The molecule has 2 atom stereocenters. The molecule has 1 aliphatic heterocycles. The van der Waals surface area contributed by atoms with Gasteiger partial charge in [-0.2, -0.15) is 0 Å². The molecule has 5 nitrogen and oxygen atoms in total. The lowest BCUT2D eigenvalue weighted by atomic mass is 10.0. The summed E-state index contributed by atoms with van der Waals surface area (Å²) in [6, 6.07) is 0.446. The van der Waals surface area contributed by atoms with E-state index < -0.39 is 0 Å². The predicted octanol–water partition coefficient (Wildman–Crippen LogP) is 1.72. The minimum atomic E-state index is -0.185. The summed E-state index contributed by atoms with van der Waals surface area (Å²) in [7, 11) is 0. The van der Waals surface area contributed by atoms with Crippen LogP contribution in [0.5, 0.6) is 0 Å². The largest absolute Gasteiger partial charge is 0.406 e. The monoisotopic (exact) mass is 224 g/mol. The zero-order chi connectivity index (χ0) is 11.5. The van der Waals surface area contributed by atoms with E-state index in [1.807, 2.05) is 6.92 Å². The van der Waals surface area contributed by atoms with Crippen LogP contribution >= 0.6 is 0 Å². The number of rotatable bonds is 4. The van der Waals surface area contributed by atoms with Crippen LogP contribution in [0.25, 0.3) is 0 Å². The first kappa shape index (κ1) is 11.4. The molecular formula is C11H20N4O. The summed E-state index contributed by atoms with van der Waals surface area (Å²) < 4.78 is 5.53. The molecule has 0 spiro atoms. The SMILES string of the molecule is CCCC1CCN(c2nnc(C(C)N)o2)C1. The van der Waals surface area contributed by atoms with E-state index in [1.165, 1.54) is 19.3 Å². The van der Waals surface area contributed by atoms with Crippen molar-refractivity contribution in [1.82, 2.24) is 10.2 Å². The minimum Gasteiger partial charge on any atom is -0.406 e. The zero-order valence-electron chi connectivity index (χ0n) is 10.0. The highest BCUT2D eigenvalue weighted by Crippen LogP contribution is 2.26. The number of hydrogen-bond donors (Lipinski definition) is 1. The van der Waals surface area contributed by atoms with E-state index in [-0.39, 0.29) is 6.04 Å². The Balaban J connectivity index is 1.97. The van der Waals surface area contributed by atoms with Gasteiger partial charge in [-0.15, -0.1) is 5.10 Å². The van der Waals surface area contributed by atoms with E-state index in [4.69, 9.17) is 10.2 Å². The third-order valence-electron chi connectivity index (χ3n) is 3.07. The molecule has 0 saturated carbocycles. The molecule has 1 saturated heterocycles. The zero-order valence-corrected chi connectivity index (χ0v) is 10.0. The summed E-state index contributed by atoms with van der Waals surface area (Å²) in [5.74, 6) is 1.30. The highest BCUT2D eigenvalue weighted by Gasteiger charge is 2.25. The number of nitrogens with two attached hydrogens (primary N) is 1. The van der Waals surface area contributed by atoms with Crippen LogP contribution in [0.1, 0.15) is 45.0 Å². The topological polar surface area (TPSA) is 68.2 Å². The van der Waals surface area contributed by atoms with E-state index in [1.54, 1.807) is 0 Å². The first-order valence-corrected chi connectivity index (χ1v) is 6.04. The van der Waals surface area contributed by atoms with Gasteiger partial charge in [-0.25, -0.2) is 0 Å². The fraction of sp³-hybridized carbons (Fsp3) is 0.818. The number of anilines is 1. The van der Waals surface area contributed by atoms with Gasteiger partial charge in [0.1, 0.15) is 0 Å². The van der Waals surface area contributed by atoms with Gasteiger partial charge in [0.25, 0.3) is 0 Å². The molecule has 1 aromatic heterocycles. The summed E-state index contributed by atoms with van der Waals surface area (Å²) in [5, 5.41) is 7.99. The van der Waals surface area contributed by atoms with Gasteiger partial charge in [0, 0.05) is 13.1 Å². The van der Waals surface area contributed by atoms with Gasteiger partial charge in [-0.3, -0.25) is 0 Å². The van der Waals surface area contributed by atoms with Crippen molar-refractivity contribution in [3.05, 3.63) is 5.89 Å². The minimum absolute atomic E-state index is 0.185. The van der Waals surface area contributed by atoms with E-state index >= 15 is 0 Å². The van der Waals surface area contributed by atoms with Crippen LogP contribution in [0.15, 0.2) is 4.42 Å². The smallest absolute Gasteiger partial charge is 0.318 e. The van der Waals surface area contributed by atoms with Gasteiger partial charge in [0.15, 0.2) is 0 Å². The summed E-state index contributed by atoms with van der Waals surface area (Å²) in [6.07, 6.45) is 3.75. The summed E-state index contributed by atoms with van der Waals surface area (Å²) >= 11 is 0. The lowest BCUT2D eigenvalue weighted by molar-refractivity contribution is 0.458. The molecule has 0 aromatic carbocycles. The first-order chi connectivity index (χ1) is 7.70. The second-order valence-electron chi connectivity index (χ2n) is 4.60. The molecule has 5 heteroatoms. The molecule has 2 N–H and O–H groups in total. The molecule has 2 rings (SSSR count). The summed E-state index contributed by atoms with van der Waals surface area (Å²) in [4.78, 5) is 2.17. The molecule has 0 bridgehead atoms. The quantitative estimate of drug-likeness (QED) is 0.843. The van der Waals surface area contributed by atoms with Crippen molar-refractivity contribution >= 4 is 6.01 Å². The third kappa shape index (κ3) is 2.35. The average molecular weight is 224 g/mol. The molecule has 0 aliphatic carbocycles. The Morgan fingerprint density at radius 3 is 3.00 bits per heavy atom. The Bertz CT molecular complexity index is 336. The first-order valence-electron chi connectivity index (χ1n) is 6.04. The van der Waals surface area contributed by atoms with Crippen molar-refractivity contribution in [3.8, 4) is 0 Å². The van der Waals surface area contributed by atoms with E-state index in [0.29, 0.717) is 11.9 Å². The fourth-order valence-corrected chi connectivity index (χ4v) is 2.19. The van der Waals surface area contributed by atoms with Gasteiger partial charge in [0.2, 0.25) is 5.89 Å². The molecular weight excluding hydrogens is 204 g/mol.